The molecule has 3 aliphatic rings. The molecular weight excluding hydrogens is 275 g/mol. The summed E-state index contributed by atoms with van der Waals surface area (Å²) in [6.45, 7) is 3.78. The molecule has 1 aromatic carbocycles. The van der Waals surface area contributed by atoms with E-state index in [1.165, 1.54) is 12.1 Å². The second-order valence-corrected chi connectivity index (χ2v) is 6.64. The zero-order chi connectivity index (χ0) is 15.0. The van der Waals surface area contributed by atoms with Gasteiger partial charge in [0.05, 0.1) is 12.2 Å². The maximum atomic E-state index is 13.9. The van der Waals surface area contributed by atoms with E-state index >= 15 is 0 Å². The lowest BCUT2D eigenvalue weighted by molar-refractivity contribution is -1.03. The summed E-state index contributed by atoms with van der Waals surface area (Å²) in [5, 5.41) is 9.76. The summed E-state index contributed by atoms with van der Waals surface area (Å²) < 4.78 is 19.9. The van der Waals surface area contributed by atoms with Crippen molar-refractivity contribution in [2.75, 3.05) is 19.7 Å². The molecule has 3 heterocycles. The Balaban J connectivity index is 2.01. The number of halogens is 1. The summed E-state index contributed by atoms with van der Waals surface area (Å²) in [4.78, 5) is 11.9. The van der Waals surface area contributed by atoms with E-state index in [2.05, 4.69) is 6.92 Å². The molecule has 0 bridgehead atoms. The van der Waals surface area contributed by atoms with Crippen molar-refractivity contribution in [2.24, 2.45) is 5.73 Å². The van der Waals surface area contributed by atoms with Gasteiger partial charge < -0.3 is 15.6 Å². The molecule has 0 saturated carbocycles. The molecule has 0 amide bonds. The molecule has 4 rings (SSSR count). The number of aliphatic carboxylic acids is 1. The van der Waals surface area contributed by atoms with Crippen LogP contribution in [-0.2, 0) is 10.3 Å². The third-order valence-electron chi connectivity index (χ3n) is 5.61. The highest BCUT2D eigenvalue weighted by atomic mass is 19.1. The number of carboxylic acids is 1. The quantitative estimate of drug-likeness (QED) is 0.761. The van der Waals surface area contributed by atoms with Crippen LogP contribution in [0.1, 0.15) is 30.5 Å². The topological polar surface area (TPSA) is 72.5 Å². The number of hydrogen-bond acceptors (Lipinski definition) is 3. The van der Waals surface area contributed by atoms with Crippen LogP contribution < -0.4 is 10.5 Å². The Labute approximate surface area is 121 Å². The lowest BCUT2D eigenvalue weighted by Crippen LogP contribution is -2.75. The molecule has 112 valence electrons. The third-order valence-corrected chi connectivity index (χ3v) is 5.61. The first-order valence-electron chi connectivity index (χ1n) is 7.21. The van der Waals surface area contributed by atoms with E-state index in [1.807, 2.05) is 0 Å². The number of carboxylic acid groups (broad SMARTS) is 1. The molecule has 1 spiro atoms. The molecule has 1 fully saturated rings. The van der Waals surface area contributed by atoms with Gasteiger partial charge in [-0.25, -0.2) is 9.18 Å². The number of hydrogen-bond donors (Lipinski definition) is 2. The predicted molar refractivity (Wildman–Crippen MR) is 72.2 cm³/mol. The third kappa shape index (κ3) is 1.34. The molecule has 2 unspecified atom stereocenters. The molecule has 0 radical (unpaired) electrons. The van der Waals surface area contributed by atoms with E-state index in [-0.39, 0.29) is 11.6 Å². The summed E-state index contributed by atoms with van der Waals surface area (Å²) in [7, 11) is 0. The molecule has 1 aromatic rings. The molecule has 1 saturated heterocycles. The molecule has 3 N–H and O–H groups in total. The number of nitrogens with zero attached hydrogens (tertiary/aromatic N) is 1. The Kier molecular flexibility index (Phi) is 2.33. The van der Waals surface area contributed by atoms with E-state index in [1.54, 1.807) is 0 Å². The highest BCUT2D eigenvalue weighted by Gasteiger charge is 2.69. The number of rotatable bonds is 1. The van der Waals surface area contributed by atoms with Gasteiger partial charge >= 0.3 is 5.97 Å². The van der Waals surface area contributed by atoms with E-state index in [0.29, 0.717) is 35.5 Å². The lowest BCUT2D eigenvalue weighted by Gasteiger charge is -2.58. The highest BCUT2D eigenvalue weighted by molar-refractivity contribution is 5.77. The number of benzene rings is 1. The Hall–Kier alpha value is -1.66. The monoisotopic (exact) mass is 293 g/mol. The number of quaternary nitrogens is 1. The normalized spacial score (nSPS) is 39.6. The van der Waals surface area contributed by atoms with Crippen LogP contribution in [0.2, 0.25) is 0 Å². The van der Waals surface area contributed by atoms with Crippen molar-refractivity contribution in [3.05, 3.63) is 29.1 Å². The van der Waals surface area contributed by atoms with Crippen LogP contribution in [-0.4, -0.2) is 41.3 Å². The Morgan fingerprint density at radius 2 is 2.24 bits per heavy atom. The van der Waals surface area contributed by atoms with Crippen molar-refractivity contribution in [1.29, 1.82) is 0 Å². The molecule has 6 heteroatoms. The van der Waals surface area contributed by atoms with Crippen molar-refractivity contribution < 1.29 is 23.5 Å². The summed E-state index contributed by atoms with van der Waals surface area (Å²) in [6.07, 6.45) is 0.731. The van der Waals surface area contributed by atoms with Crippen LogP contribution in [0.15, 0.2) is 12.1 Å². The molecule has 0 aliphatic carbocycles. The zero-order valence-electron chi connectivity index (χ0n) is 11.8. The Morgan fingerprint density at radius 1 is 1.52 bits per heavy atom. The number of fused-ring (bicyclic) bond motifs is 1. The smallest absolute Gasteiger partial charge is 0.367 e. The van der Waals surface area contributed by atoms with Gasteiger partial charge in [-0.15, -0.1) is 0 Å². The van der Waals surface area contributed by atoms with Crippen molar-refractivity contribution in [3.8, 4) is 5.75 Å². The van der Waals surface area contributed by atoms with E-state index < -0.39 is 17.8 Å². The second kappa shape index (κ2) is 3.75. The number of nitrogens with two attached hydrogens (primary N) is 1. The Morgan fingerprint density at radius 3 is 2.86 bits per heavy atom. The van der Waals surface area contributed by atoms with Gasteiger partial charge in [0, 0.05) is 18.1 Å². The van der Waals surface area contributed by atoms with Crippen molar-refractivity contribution in [2.45, 2.75) is 31.0 Å². The van der Waals surface area contributed by atoms with Crippen molar-refractivity contribution in [1.82, 2.24) is 0 Å². The molecule has 21 heavy (non-hydrogen) atoms. The van der Waals surface area contributed by atoms with E-state index in [0.717, 1.165) is 12.0 Å². The SMILES string of the molecule is CC12CCOc3cc(F)cc(c31)C(C(=O)O)[N+]21CC(N)C1. The van der Waals surface area contributed by atoms with Gasteiger partial charge in [-0.1, -0.05) is 0 Å². The molecular formula is C15H18FN2O3+. The molecule has 0 aromatic heterocycles. The average Bonchev–Trinajstić information content (AvgIpc) is 2.56. The number of carbonyl (C=O) groups is 1. The summed E-state index contributed by atoms with van der Waals surface area (Å²) in [5.74, 6) is -0.852. The summed E-state index contributed by atoms with van der Waals surface area (Å²) in [5.41, 5.74) is 7.06. The van der Waals surface area contributed by atoms with Crippen LogP contribution in [0.5, 0.6) is 5.75 Å². The van der Waals surface area contributed by atoms with E-state index in [4.69, 9.17) is 10.5 Å². The minimum absolute atomic E-state index is 0.00845. The highest BCUT2D eigenvalue weighted by Crippen LogP contribution is 2.61. The second-order valence-electron chi connectivity index (χ2n) is 6.64. The van der Waals surface area contributed by atoms with Crippen LogP contribution in [0.4, 0.5) is 4.39 Å². The van der Waals surface area contributed by atoms with Crippen LogP contribution in [0, 0.1) is 5.82 Å². The fraction of sp³-hybridized carbons (Fsp3) is 0.533. The van der Waals surface area contributed by atoms with Gasteiger partial charge in [0.15, 0.2) is 0 Å². The Bertz CT molecular complexity index is 657. The van der Waals surface area contributed by atoms with E-state index in [9.17, 15) is 14.3 Å². The lowest BCUT2D eigenvalue weighted by atomic mass is 9.81. The molecule has 2 atom stereocenters. The predicted octanol–water partition coefficient (Wildman–Crippen LogP) is 1.12. The van der Waals surface area contributed by atoms with Gasteiger partial charge in [0.2, 0.25) is 6.04 Å². The largest absolute Gasteiger partial charge is 0.493 e. The van der Waals surface area contributed by atoms with Gasteiger partial charge in [-0.3, -0.25) is 4.48 Å². The zero-order valence-corrected chi connectivity index (χ0v) is 11.8. The molecule has 3 aliphatic heterocycles. The van der Waals surface area contributed by atoms with Crippen molar-refractivity contribution in [3.63, 3.8) is 0 Å². The summed E-state index contributed by atoms with van der Waals surface area (Å²) in [6, 6.07) is 1.99. The minimum atomic E-state index is -0.912. The average molecular weight is 293 g/mol. The first-order chi connectivity index (χ1) is 9.89. The van der Waals surface area contributed by atoms with Crippen LogP contribution in [0.3, 0.4) is 0 Å². The first kappa shape index (κ1) is 13.0. The minimum Gasteiger partial charge on any atom is -0.493 e. The number of ether oxygens (including phenoxy) is 1. The fourth-order valence-corrected chi connectivity index (χ4v) is 4.73. The standard InChI is InChI=1S/C15H17FN2O3/c1-15-2-3-21-11-5-8(16)4-10(12(11)15)13(14(19)20)18(15)6-9(17)7-18/h4-5,9,13H,2-3,6-7,17H2,1H3/p+1. The van der Waals surface area contributed by atoms with Crippen LogP contribution in [0.25, 0.3) is 0 Å². The van der Waals surface area contributed by atoms with Gasteiger partial charge in [0.1, 0.15) is 36.2 Å². The van der Waals surface area contributed by atoms with Gasteiger partial charge in [-0.05, 0) is 13.0 Å². The van der Waals surface area contributed by atoms with Crippen molar-refractivity contribution >= 4 is 5.97 Å². The van der Waals surface area contributed by atoms with Gasteiger partial charge in [0.25, 0.3) is 0 Å². The maximum Gasteiger partial charge on any atom is 0.367 e. The van der Waals surface area contributed by atoms with Crippen LogP contribution >= 0.6 is 0 Å². The fourth-order valence-electron chi connectivity index (χ4n) is 4.73. The maximum absolute atomic E-state index is 13.9. The first-order valence-corrected chi connectivity index (χ1v) is 7.21. The van der Waals surface area contributed by atoms with Gasteiger partial charge in [-0.2, -0.15) is 0 Å². The molecule has 5 nitrogen and oxygen atoms in total. The summed E-state index contributed by atoms with van der Waals surface area (Å²) >= 11 is 0.